The van der Waals surface area contributed by atoms with Crippen LogP contribution in [0.15, 0.2) is 33.9 Å². The molecular formula is C10H10N2O4S. The van der Waals surface area contributed by atoms with E-state index in [2.05, 4.69) is 10.2 Å². The predicted octanol–water partition coefficient (Wildman–Crippen LogP) is 1.15. The first-order chi connectivity index (χ1) is 8.00. The summed E-state index contributed by atoms with van der Waals surface area (Å²) in [6.07, 6.45) is 1.01. The largest absolute Gasteiger partial charge is 0.497 e. The Balaban J connectivity index is 2.43. The maximum Gasteiger partial charge on any atom is 0.335 e. The van der Waals surface area contributed by atoms with Crippen molar-refractivity contribution in [2.45, 2.75) is 5.22 Å². The summed E-state index contributed by atoms with van der Waals surface area (Å²) in [5.74, 6) is 0.769. The maximum absolute atomic E-state index is 11.2. The highest BCUT2D eigenvalue weighted by Gasteiger charge is 2.17. The van der Waals surface area contributed by atoms with E-state index in [0.29, 0.717) is 11.3 Å². The molecule has 0 aliphatic carbocycles. The fourth-order valence-corrected chi connectivity index (χ4v) is 1.65. The Hall–Kier alpha value is -1.89. The van der Waals surface area contributed by atoms with Crippen LogP contribution in [0.4, 0.5) is 0 Å². The van der Waals surface area contributed by atoms with Gasteiger partial charge in [-0.2, -0.15) is 0 Å². The molecule has 0 saturated carbocycles. The van der Waals surface area contributed by atoms with Crippen LogP contribution < -0.4 is 4.74 Å². The lowest BCUT2D eigenvalue weighted by Crippen LogP contribution is -1.96. The lowest BCUT2D eigenvalue weighted by Gasteiger charge is -1.99. The van der Waals surface area contributed by atoms with Gasteiger partial charge >= 0.3 is 5.22 Å². The zero-order chi connectivity index (χ0) is 12.5. The molecule has 0 unspecified atom stereocenters. The third-order valence-corrected chi connectivity index (χ3v) is 2.84. The van der Waals surface area contributed by atoms with Crippen LogP contribution in [-0.2, 0) is 9.84 Å². The number of benzene rings is 1. The first-order valence-corrected chi connectivity index (χ1v) is 6.58. The summed E-state index contributed by atoms with van der Waals surface area (Å²) in [6, 6.07) is 6.91. The standard InChI is InChI=1S/C10H10N2O4S/c1-15-8-5-3-4-7(6-8)9-11-12-10(16-9)17(2,13)14/h3-6H,1-2H3. The molecule has 0 amide bonds. The van der Waals surface area contributed by atoms with Gasteiger partial charge in [-0.1, -0.05) is 11.2 Å². The molecular weight excluding hydrogens is 244 g/mol. The van der Waals surface area contributed by atoms with E-state index in [4.69, 9.17) is 9.15 Å². The van der Waals surface area contributed by atoms with Crippen molar-refractivity contribution in [2.24, 2.45) is 0 Å². The van der Waals surface area contributed by atoms with E-state index in [1.165, 1.54) is 7.11 Å². The average Bonchev–Trinajstić information content (AvgIpc) is 2.78. The SMILES string of the molecule is COc1cccc(-c2nnc(S(C)(=O)=O)o2)c1. The van der Waals surface area contributed by atoms with Gasteiger partial charge in [-0.3, -0.25) is 0 Å². The highest BCUT2D eigenvalue weighted by molar-refractivity contribution is 7.90. The van der Waals surface area contributed by atoms with Crippen LogP contribution >= 0.6 is 0 Å². The minimum absolute atomic E-state index is 0.143. The molecule has 0 fully saturated rings. The third kappa shape index (κ3) is 2.44. The third-order valence-electron chi connectivity index (χ3n) is 2.04. The Morgan fingerprint density at radius 3 is 2.65 bits per heavy atom. The molecule has 0 atom stereocenters. The van der Waals surface area contributed by atoms with Crippen LogP contribution in [0, 0.1) is 0 Å². The van der Waals surface area contributed by atoms with E-state index in [0.717, 1.165) is 6.26 Å². The molecule has 0 aliphatic heterocycles. The second-order valence-electron chi connectivity index (χ2n) is 3.38. The van der Waals surface area contributed by atoms with Crippen molar-refractivity contribution < 1.29 is 17.6 Å². The van der Waals surface area contributed by atoms with Crippen LogP contribution in [-0.4, -0.2) is 32.0 Å². The van der Waals surface area contributed by atoms with Gasteiger partial charge in [0, 0.05) is 11.8 Å². The Morgan fingerprint density at radius 2 is 2.06 bits per heavy atom. The number of hydrogen-bond donors (Lipinski definition) is 0. The van der Waals surface area contributed by atoms with Gasteiger partial charge in [0.25, 0.3) is 0 Å². The van der Waals surface area contributed by atoms with E-state index in [9.17, 15) is 8.42 Å². The molecule has 7 heteroatoms. The molecule has 2 rings (SSSR count). The minimum atomic E-state index is -3.48. The van der Waals surface area contributed by atoms with Crippen molar-refractivity contribution >= 4 is 9.84 Å². The number of sulfone groups is 1. The highest BCUT2D eigenvalue weighted by Crippen LogP contribution is 2.23. The normalized spacial score (nSPS) is 11.4. The Bertz CT molecular complexity index is 633. The zero-order valence-corrected chi connectivity index (χ0v) is 10.1. The topological polar surface area (TPSA) is 82.3 Å². The molecule has 0 bridgehead atoms. The smallest absolute Gasteiger partial charge is 0.335 e. The van der Waals surface area contributed by atoms with Crippen LogP contribution in [0.2, 0.25) is 0 Å². The summed E-state index contributed by atoms with van der Waals surface area (Å²) in [5, 5.41) is 6.76. The predicted molar refractivity (Wildman–Crippen MR) is 59.4 cm³/mol. The van der Waals surface area contributed by atoms with Gasteiger partial charge in [-0.25, -0.2) is 8.42 Å². The van der Waals surface area contributed by atoms with Crippen molar-refractivity contribution in [3.8, 4) is 17.2 Å². The minimum Gasteiger partial charge on any atom is -0.497 e. The number of hydrogen-bond acceptors (Lipinski definition) is 6. The number of methoxy groups -OCH3 is 1. The quantitative estimate of drug-likeness (QED) is 0.817. The number of rotatable bonds is 3. The number of ether oxygens (including phenoxy) is 1. The molecule has 1 heterocycles. The van der Waals surface area contributed by atoms with Crippen LogP contribution in [0.5, 0.6) is 5.75 Å². The lowest BCUT2D eigenvalue weighted by atomic mass is 10.2. The molecule has 6 nitrogen and oxygen atoms in total. The maximum atomic E-state index is 11.2. The summed E-state index contributed by atoms with van der Waals surface area (Å²) in [6.45, 7) is 0. The Morgan fingerprint density at radius 1 is 1.29 bits per heavy atom. The van der Waals surface area contributed by atoms with Crippen LogP contribution in [0.25, 0.3) is 11.5 Å². The van der Waals surface area contributed by atoms with Gasteiger partial charge in [0.2, 0.25) is 15.7 Å². The van der Waals surface area contributed by atoms with Crippen LogP contribution in [0.1, 0.15) is 0 Å². The Labute approximate surface area is 98.2 Å². The highest BCUT2D eigenvalue weighted by atomic mass is 32.2. The van der Waals surface area contributed by atoms with E-state index in [-0.39, 0.29) is 5.89 Å². The van der Waals surface area contributed by atoms with Crippen LogP contribution in [0.3, 0.4) is 0 Å². The van der Waals surface area contributed by atoms with Gasteiger partial charge in [-0.15, -0.1) is 5.10 Å². The van der Waals surface area contributed by atoms with Crippen molar-refractivity contribution in [2.75, 3.05) is 13.4 Å². The average molecular weight is 254 g/mol. The van der Waals surface area contributed by atoms with E-state index in [1.54, 1.807) is 24.3 Å². The first-order valence-electron chi connectivity index (χ1n) is 4.68. The van der Waals surface area contributed by atoms with Gasteiger partial charge in [0.15, 0.2) is 0 Å². The fraction of sp³-hybridized carbons (Fsp3) is 0.200. The second kappa shape index (κ2) is 4.17. The summed E-state index contributed by atoms with van der Waals surface area (Å²) in [4.78, 5) is 0. The Kier molecular flexibility index (Phi) is 2.84. The summed E-state index contributed by atoms with van der Waals surface area (Å²) in [5.41, 5.74) is 0.603. The van der Waals surface area contributed by atoms with E-state index < -0.39 is 15.1 Å². The molecule has 2 aromatic rings. The molecule has 1 aromatic heterocycles. The monoisotopic (exact) mass is 254 g/mol. The van der Waals surface area contributed by atoms with E-state index >= 15 is 0 Å². The molecule has 0 N–H and O–H groups in total. The number of aromatic nitrogens is 2. The lowest BCUT2D eigenvalue weighted by molar-refractivity contribution is 0.414. The summed E-state index contributed by atoms with van der Waals surface area (Å²) >= 11 is 0. The molecule has 1 aromatic carbocycles. The van der Waals surface area contributed by atoms with Crippen molar-refractivity contribution in [1.29, 1.82) is 0 Å². The summed E-state index contributed by atoms with van der Waals surface area (Å²) in [7, 11) is -1.94. The van der Waals surface area contributed by atoms with Crippen molar-refractivity contribution in [3.63, 3.8) is 0 Å². The van der Waals surface area contributed by atoms with E-state index in [1.807, 2.05) is 0 Å². The first kappa shape index (κ1) is 11.6. The summed E-state index contributed by atoms with van der Waals surface area (Å²) < 4.78 is 32.5. The fourth-order valence-electron chi connectivity index (χ4n) is 1.23. The zero-order valence-electron chi connectivity index (χ0n) is 9.25. The molecule has 90 valence electrons. The second-order valence-corrected chi connectivity index (χ2v) is 5.27. The van der Waals surface area contributed by atoms with Crippen molar-refractivity contribution in [1.82, 2.24) is 10.2 Å². The molecule has 0 aliphatic rings. The molecule has 0 radical (unpaired) electrons. The molecule has 0 saturated heterocycles. The number of nitrogens with zero attached hydrogens (tertiary/aromatic N) is 2. The van der Waals surface area contributed by atoms with Gasteiger partial charge < -0.3 is 9.15 Å². The van der Waals surface area contributed by atoms with Gasteiger partial charge in [0.1, 0.15) is 5.75 Å². The molecule has 0 spiro atoms. The molecule has 17 heavy (non-hydrogen) atoms. The van der Waals surface area contributed by atoms with Gasteiger partial charge in [-0.05, 0) is 18.2 Å². The van der Waals surface area contributed by atoms with Crippen molar-refractivity contribution in [3.05, 3.63) is 24.3 Å². The van der Waals surface area contributed by atoms with Gasteiger partial charge in [0.05, 0.1) is 7.11 Å².